The van der Waals surface area contributed by atoms with Gasteiger partial charge in [-0.1, -0.05) is 0 Å². The van der Waals surface area contributed by atoms with Gasteiger partial charge in [-0.3, -0.25) is 0 Å². The van der Waals surface area contributed by atoms with E-state index < -0.39 is 12.2 Å². The minimum atomic E-state index is -0.819. The second-order valence-corrected chi connectivity index (χ2v) is 3.30. The summed E-state index contributed by atoms with van der Waals surface area (Å²) in [6.07, 6.45) is 1.48. The first-order chi connectivity index (χ1) is 7.27. The van der Waals surface area contributed by atoms with Gasteiger partial charge in [-0.15, -0.1) is 0 Å². The second-order valence-electron chi connectivity index (χ2n) is 3.30. The van der Waals surface area contributed by atoms with Crippen molar-refractivity contribution in [1.82, 2.24) is 0 Å². The van der Waals surface area contributed by atoms with Crippen LogP contribution < -0.4 is 0 Å². The Bertz CT molecular complexity index is 338. The monoisotopic (exact) mass is 208 g/mol. The molecule has 4 nitrogen and oxygen atoms in total. The van der Waals surface area contributed by atoms with Crippen LogP contribution in [0.4, 0.5) is 0 Å². The van der Waals surface area contributed by atoms with E-state index in [1.165, 1.54) is 12.5 Å². The molecule has 0 fully saturated rings. The zero-order chi connectivity index (χ0) is 10.7. The summed E-state index contributed by atoms with van der Waals surface area (Å²) in [6.45, 7) is 0. The van der Waals surface area contributed by atoms with Gasteiger partial charge in [0.1, 0.15) is 23.7 Å². The lowest BCUT2D eigenvalue weighted by molar-refractivity contribution is 0.0558. The van der Waals surface area contributed by atoms with Crippen molar-refractivity contribution >= 4 is 0 Å². The molecule has 4 heteroatoms. The van der Waals surface area contributed by atoms with Crippen LogP contribution in [0, 0.1) is 0 Å². The summed E-state index contributed by atoms with van der Waals surface area (Å²) in [4.78, 5) is 0. The number of hydrogen-bond acceptors (Lipinski definition) is 4. The van der Waals surface area contributed by atoms with Gasteiger partial charge in [0, 0.05) is 6.42 Å². The molecule has 2 N–H and O–H groups in total. The van der Waals surface area contributed by atoms with Crippen molar-refractivity contribution in [3.63, 3.8) is 0 Å². The number of furan rings is 2. The number of aliphatic hydroxyl groups excluding tert-OH is 2. The first-order valence-corrected chi connectivity index (χ1v) is 4.70. The zero-order valence-corrected chi connectivity index (χ0v) is 8.04. The van der Waals surface area contributed by atoms with Gasteiger partial charge in [0.15, 0.2) is 0 Å². The van der Waals surface area contributed by atoms with Crippen LogP contribution in [0.5, 0.6) is 0 Å². The van der Waals surface area contributed by atoms with Crippen molar-refractivity contribution in [3.05, 3.63) is 48.3 Å². The molecule has 0 saturated heterocycles. The molecule has 0 saturated carbocycles. The predicted molar refractivity (Wildman–Crippen MR) is 52.0 cm³/mol. The molecule has 1 unspecified atom stereocenters. The smallest absolute Gasteiger partial charge is 0.132 e. The minimum absolute atomic E-state index is 0.154. The number of aliphatic hydroxyl groups is 2. The highest BCUT2D eigenvalue weighted by Gasteiger charge is 2.18. The quantitative estimate of drug-likeness (QED) is 0.806. The fourth-order valence-electron chi connectivity index (χ4n) is 1.41. The topological polar surface area (TPSA) is 66.7 Å². The molecule has 0 amide bonds. The molecular formula is C11H12O4. The molecule has 2 rings (SSSR count). The van der Waals surface area contributed by atoms with E-state index in [2.05, 4.69) is 0 Å². The lowest BCUT2D eigenvalue weighted by Crippen LogP contribution is -2.04. The fraction of sp³-hybridized carbons (Fsp3) is 0.273. The Kier molecular flexibility index (Phi) is 2.89. The zero-order valence-electron chi connectivity index (χ0n) is 8.04. The fourth-order valence-corrected chi connectivity index (χ4v) is 1.41. The highest BCUT2D eigenvalue weighted by molar-refractivity contribution is 5.06. The first kappa shape index (κ1) is 10.0. The Balaban J connectivity index is 1.98. The Morgan fingerprint density at radius 3 is 1.73 bits per heavy atom. The molecule has 2 aromatic rings. The molecule has 0 aliphatic rings. The van der Waals surface area contributed by atoms with Crippen LogP contribution >= 0.6 is 0 Å². The van der Waals surface area contributed by atoms with Crippen molar-refractivity contribution in [2.24, 2.45) is 0 Å². The van der Waals surface area contributed by atoms with Gasteiger partial charge in [0.25, 0.3) is 0 Å². The third kappa shape index (κ3) is 2.29. The molecule has 80 valence electrons. The Labute approximate surface area is 86.8 Å². The van der Waals surface area contributed by atoms with Gasteiger partial charge >= 0.3 is 0 Å². The van der Waals surface area contributed by atoms with Crippen LogP contribution in [0.15, 0.2) is 45.6 Å². The maximum absolute atomic E-state index is 9.68. The average molecular weight is 208 g/mol. The van der Waals surface area contributed by atoms with Crippen molar-refractivity contribution in [1.29, 1.82) is 0 Å². The lowest BCUT2D eigenvalue weighted by Gasteiger charge is -2.11. The summed E-state index contributed by atoms with van der Waals surface area (Å²) in [5.41, 5.74) is 0. The third-order valence-electron chi connectivity index (χ3n) is 2.19. The summed E-state index contributed by atoms with van der Waals surface area (Å²) < 4.78 is 10.0. The van der Waals surface area contributed by atoms with Gasteiger partial charge in [-0.2, -0.15) is 0 Å². The molecule has 0 aliphatic heterocycles. The molecule has 0 aliphatic carbocycles. The first-order valence-electron chi connectivity index (χ1n) is 4.70. The summed E-state index contributed by atoms with van der Waals surface area (Å²) >= 11 is 0. The molecule has 2 heterocycles. The molecule has 0 radical (unpaired) electrons. The van der Waals surface area contributed by atoms with E-state index in [-0.39, 0.29) is 6.42 Å². The van der Waals surface area contributed by atoms with Gasteiger partial charge < -0.3 is 19.0 Å². The van der Waals surface area contributed by atoms with Crippen LogP contribution in [0.2, 0.25) is 0 Å². The average Bonchev–Trinajstić information content (AvgIpc) is 2.91. The van der Waals surface area contributed by atoms with Gasteiger partial charge in [-0.25, -0.2) is 0 Å². The number of rotatable bonds is 4. The van der Waals surface area contributed by atoms with Crippen LogP contribution in [-0.4, -0.2) is 10.2 Å². The van der Waals surface area contributed by atoms with Crippen LogP contribution in [0.25, 0.3) is 0 Å². The van der Waals surface area contributed by atoms with E-state index in [1.54, 1.807) is 24.3 Å². The number of hydrogen-bond donors (Lipinski definition) is 2. The molecular weight excluding hydrogens is 196 g/mol. The summed E-state index contributed by atoms with van der Waals surface area (Å²) in [6, 6.07) is 6.72. The Morgan fingerprint density at radius 2 is 1.40 bits per heavy atom. The largest absolute Gasteiger partial charge is 0.467 e. The normalized spacial score (nSPS) is 15.1. The second kappa shape index (κ2) is 4.33. The van der Waals surface area contributed by atoms with E-state index in [0.717, 1.165) is 0 Å². The van der Waals surface area contributed by atoms with Gasteiger partial charge in [0.05, 0.1) is 12.5 Å². The molecule has 2 atom stereocenters. The SMILES string of the molecule is OC(C[C@H](O)c1ccco1)c1ccco1. The van der Waals surface area contributed by atoms with Crippen LogP contribution in [-0.2, 0) is 0 Å². The minimum Gasteiger partial charge on any atom is -0.467 e. The maximum Gasteiger partial charge on any atom is 0.132 e. The summed E-state index contributed by atoms with van der Waals surface area (Å²) in [7, 11) is 0. The van der Waals surface area contributed by atoms with E-state index in [4.69, 9.17) is 8.83 Å². The highest BCUT2D eigenvalue weighted by Crippen LogP contribution is 2.26. The van der Waals surface area contributed by atoms with Crippen LogP contribution in [0.3, 0.4) is 0 Å². The highest BCUT2D eigenvalue weighted by atomic mass is 16.4. The van der Waals surface area contributed by atoms with E-state index >= 15 is 0 Å². The Hall–Kier alpha value is -1.52. The van der Waals surface area contributed by atoms with Crippen molar-refractivity contribution < 1.29 is 19.0 Å². The molecule has 15 heavy (non-hydrogen) atoms. The van der Waals surface area contributed by atoms with Gasteiger partial charge in [-0.05, 0) is 24.3 Å². The predicted octanol–water partition coefficient (Wildman–Crippen LogP) is 2.03. The molecule has 0 bridgehead atoms. The Morgan fingerprint density at radius 1 is 0.933 bits per heavy atom. The molecule has 0 spiro atoms. The van der Waals surface area contributed by atoms with Crippen LogP contribution in [0.1, 0.15) is 30.1 Å². The van der Waals surface area contributed by atoms with E-state index in [0.29, 0.717) is 11.5 Å². The standard InChI is InChI=1S/C11H12O4/c12-8(10-3-1-5-14-10)7-9(13)11-4-2-6-15-11/h1-6,8-9,12-13H,7H2/t8-,9?/m0/s1. The van der Waals surface area contributed by atoms with E-state index in [9.17, 15) is 10.2 Å². The van der Waals surface area contributed by atoms with E-state index in [1.807, 2.05) is 0 Å². The summed E-state index contributed by atoms with van der Waals surface area (Å²) in [5, 5.41) is 19.4. The van der Waals surface area contributed by atoms with Crippen molar-refractivity contribution in [2.45, 2.75) is 18.6 Å². The molecule has 0 aromatic carbocycles. The van der Waals surface area contributed by atoms with Gasteiger partial charge in [0.2, 0.25) is 0 Å². The molecule has 2 aromatic heterocycles. The van der Waals surface area contributed by atoms with Crippen molar-refractivity contribution in [2.75, 3.05) is 0 Å². The summed E-state index contributed by atoms with van der Waals surface area (Å²) in [5.74, 6) is 0.890. The lowest BCUT2D eigenvalue weighted by atomic mass is 10.1. The maximum atomic E-state index is 9.68. The third-order valence-corrected chi connectivity index (χ3v) is 2.19. The van der Waals surface area contributed by atoms with Crippen molar-refractivity contribution in [3.8, 4) is 0 Å².